The molecule has 0 saturated carbocycles. The minimum Gasteiger partial charge on any atom is -0.352 e. The van der Waals surface area contributed by atoms with Crippen LogP contribution in [0.4, 0.5) is 5.82 Å². The summed E-state index contributed by atoms with van der Waals surface area (Å²) in [7, 11) is 0. The maximum atomic E-state index is 12.2. The molecule has 2 aromatic rings. The molecule has 6 nitrogen and oxygen atoms in total. The number of nitrogens with one attached hydrogen (secondary N) is 1. The van der Waals surface area contributed by atoms with Gasteiger partial charge in [0.25, 0.3) is 5.91 Å². The van der Waals surface area contributed by atoms with Gasteiger partial charge in [-0.2, -0.15) is 0 Å². The van der Waals surface area contributed by atoms with E-state index in [9.17, 15) is 4.79 Å². The molecule has 1 fully saturated rings. The number of amides is 1. The van der Waals surface area contributed by atoms with Crippen molar-refractivity contribution < 1.29 is 4.79 Å². The summed E-state index contributed by atoms with van der Waals surface area (Å²) >= 11 is 0. The standard InChI is InChI=1S/C18H23N5O/c1-2-15-5-3-4-12-23(15)17-7-6-16(21-22-17)18(24)20-13-14-8-10-19-11-9-14/h6-11,15H,2-5,12-13H2,1H3,(H,20,24). The van der Waals surface area contributed by atoms with Crippen LogP contribution in [0.25, 0.3) is 0 Å². The van der Waals surface area contributed by atoms with Crippen LogP contribution in [0, 0.1) is 0 Å². The van der Waals surface area contributed by atoms with Crippen LogP contribution in [0.1, 0.15) is 48.7 Å². The molecule has 6 heteroatoms. The average molecular weight is 325 g/mol. The first-order valence-corrected chi connectivity index (χ1v) is 8.55. The van der Waals surface area contributed by atoms with Crippen LogP contribution in [-0.4, -0.2) is 33.7 Å². The zero-order chi connectivity index (χ0) is 16.8. The van der Waals surface area contributed by atoms with Crippen LogP contribution in [0.5, 0.6) is 0 Å². The summed E-state index contributed by atoms with van der Waals surface area (Å²) in [6.45, 7) is 3.67. The second-order valence-electron chi connectivity index (χ2n) is 6.07. The highest BCUT2D eigenvalue weighted by atomic mass is 16.1. The van der Waals surface area contributed by atoms with E-state index in [4.69, 9.17) is 0 Å². The Hall–Kier alpha value is -2.50. The molecule has 1 amide bonds. The van der Waals surface area contributed by atoms with Crippen molar-refractivity contribution in [1.82, 2.24) is 20.5 Å². The number of hydrogen-bond acceptors (Lipinski definition) is 5. The Labute approximate surface area is 142 Å². The lowest BCUT2D eigenvalue weighted by atomic mass is 10.0. The van der Waals surface area contributed by atoms with E-state index >= 15 is 0 Å². The molecule has 0 bridgehead atoms. The minimum atomic E-state index is -0.212. The van der Waals surface area contributed by atoms with Crippen molar-refractivity contribution in [2.24, 2.45) is 0 Å². The number of pyridine rings is 1. The van der Waals surface area contributed by atoms with E-state index in [0.717, 1.165) is 24.3 Å². The zero-order valence-corrected chi connectivity index (χ0v) is 14.0. The molecule has 0 spiro atoms. The number of carbonyl (C=O) groups is 1. The van der Waals surface area contributed by atoms with E-state index < -0.39 is 0 Å². The molecular formula is C18H23N5O. The van der Waals surface area contributed by atoms with E-state index in [-0.39, 0.29) is 5.91 Å². The molecule has 1 N–H and O–H groups in total. The largest absolute Gasteiger partial charge is 0.352 e. The Kier molecular flexibility index (Phi) is 5.36. The first kappa shape index (κ1) is 16.4. The molecule has 1 aliphatic heterocycles. The van der Waals surface area contributed by atoms with Gasteiger partial charge in [0.2, 0.25) is 0 Å². The summed E-state index contributed by atoms with van der Waals surface area (Å²) in [6, 6.07) is 7.93. The fourth-order valence-electron chi connectivity index (χ4n) is 3.10. The summed E-state index contributed by atoms with van der Waals surface area (Å²) in [5, 5.41) is 11.3. The van der Waals surface area contributed by atoms with E-state index in [0.29, 0.717) is 18.3 Å². The summed E-state index contributed by atoms with van der Waals surface area (Å²) in [6.07, 6.45) is 8.18. The summed E-state index contributed by atoms with van der Waals surface area (Å²) < 4.78 is 0. The van der Waals surface area contributed by atoms with Crippen LogP contribution in [0.3, 0.4) is 0 Å². The van der Waals surface area contributed by atoms with Crippen LogP contribution in [0.2, 0.25) is 0 Å². The van der Waals surface area contributed by atoms with Gasteiger partial charge in [0, 0.05) is 31.5 Å². The lowest BCUT2D eigenvalue weighted by Crippen LogP contribution is -2.39. The van der Waals surface area contributed by atoms with Crippen molar-refractivity contribution in [3.8, 4) is 0 Å². The minimum absolute atomic E-state index is 0.212. The maximum Gasteiger partial charge on any atom is 0.272 e. The van der Waals surface area contributed by atoms with Gasteiger partial charge in [0.1, 0.15) is 0 Å². The first-order valence-electron chi connectivity index (χ1n) is 8.55. The third kappa shape index (κ3) is 3.88. The molecule has 0 aliphatic carbocycles. The molecule has 2 aromatic heterocycles. The van der Waals surface area contributed by atoms with Gasteiger partial charge in [-0.05, 0) is 55.5 Å². The number of rotatable bonds is 5. The van der Waals surface area contributed by atoms with Gasteiger partial charge in [-0.15, -0.1) is 10.2 Å². The van der Waals surface area contributed by atoms with Crippen molar-refractivity contribution in [3.05, 3.63) is 47.9 Å². The molecule has 126 valence electrons. The van der Waals surface area contributed by atoms with E-state index in [1.54, 1.807) is 18.5 Å². The zero-order valence-electron chi connectivity index (χ0n) is 14.0. The average Bonchev–Trinajstić information content (AvgIpc) is 2.67. The predicted octanol–water partition coefficient (Wildman–Crippen LogP) is 2.57. The van der Waals surface area contributed by atoms with Crippen molar-refractivity contribution in [3.63, 3.8) is 0 Å². The molecule has 3 rings (SSSR count). The molecule has 1 unspecified atom stereocenters. The van der Waals surface area contributed by atoms with Gasteiger partial charge in [-0.3, -0.25) is 9.78 Å². The van der Waals surface area contributed by atoms with Crippen LogP contribution < -0.4 is 10.2 Å². The lowest BCUT2D eigenvalue weighted by molar-refractivity contribution is 0.0945. The van der Waals surface area contributed by atoms with Crippen molar-refractivity contribution >= 4 is 11.7 Å². The highest BCUT2D eigenvalue weighted by Crippen LogP contribution is 2.24. The molecule has 1 saturated heterocycles. The highest BCUT2D eigenvalue weighted by Gasteiger charge is 2.22. The lowest BCUT2D eigenvalue weighted by Gasteiger charge is -2.35. The Morgan fingerprint density at radius 2 is 2.04 bits per heavy atom. The number of hydrogen-bond donors (Lipinski definition) is 1. The predicted molar refractivity (Wildman–Crippen MR) is 92.7 cm³/mol. The number of carbonyl (C=O) groups excluding carboxylic acids is 1. The van der Waals surface area contributed by atoms with Gasteiger partial charge < -0.3 is 10.2 Å². The van der Waals surface area contributed by atoms with Crippen molar-refractivity contribution in [1.29, 1.82) is 0 Å². The monoisotopic (exact) mass is 325 g/mol. The fraction of sp³-hybridized carbons (Fsp3) is 0.444. The van der Waals surface area contributed by atoms with Crippen LogP contribution >= 0.6 is 0 Å². The molecule has 0 radical (unpaired) electrons. The molecule has 24 heavy (non-hydrogen) atoms. The van der Waals surface area contributed by atoms with Gasteiger partial charge >= 0.3 is 0 Å². The number of piperidine rings is 1. The summed E-state index contributed by atoms with van der Waals surface area (Å²) in [5.41, 5.74) is 1.35. The molecular weight excluding hydrogens is 302 g/mol. The number of nitrogens with zero attached hydrogens (tertiary/aromatic N) is 4. The smallest absolute Gasteiger partial charge is 0.272 e. The van der Waals surface area contributed by atoms with Crippen LogP contribution in [-0.2, 0) is 6.54 Å². The molecule has 1 aliphatic rings. The third-order valence-electron chi connectivity index (χ3n) is 4.48. The Balaban J connectivity index is 1.62. The molecule has 1 atom stereocenters. The Morgan fingerprint density at radius 3 is 2.75 bits per heavy atom. The van der Waals surface area contributed by atoms with Gasteiger partial charge in [-0.25, -0.2) is 0 Å². The third-order valence-corrected chi connectivity index (χ3v) is 4.48. The second-order valence-corrected chi connectivity index (χ2v) is 6.07. The van der Waals surface area contributed by atoms with E-state index in [1.165, 1.54) is 19.3 Å². The van der Waals surface area contributed by atoms with E-state index in [2.05, 4.69) is 32.3 Å². The molecule has 3 heterocycles. The topological polar surface area (TPSA) is 71.0 Å². The molecule has 0 aromatic carbocycles. The number of aromatic nitrogens is 3. The van der Waals surface area contributed by atoms with Crippen molar-refractivity contribution in [2.45, 2.75) is 45.2 Å². The Morgan fingerprint density at radius 1 is 1.21 bits per heavy atom. The normalized spacial score (nSPS) is 17.5. The second kappa shape index (κ2) is 7.86. The van der Waals surface area contributed by atoms with Gasteiger partial charge in [0.15, 0.2) is 11.5 Å². The summed E-state index contributed by atoms with van der Waals surface area (Å²) in [5.74, 6) is 0.656. The van der Waals surface area contributed by atoms with Gasteiger partial charge in [-0.1, -0.05) is 6.92 Å². The SMILES string of the molecule is CCC1CCCCN1c1ccc(C(=O)NCc2ccncc2)nn1. The van der Waals surface area contributed by atoms with Crippen LogP contribution in [0.15, 0.2) is 36.7 Å². The first-order chi connectivity index (χ1) is 11.8. The van der Waals surface area contributed by atoms with E-state index in [1.807, 2.05) is 18.2 Å². The fourth-order valence-corrected chi connectivity index (χ4v) is 3.10. The Bertz CT molecular complexity index is 659. The summed E-state index contributed by atoms with van der Waals surface area (Å²) in [4.78, 5) is 18.5. The number of anilines is 1. The maximum absolute atomic E-state index is 12.2. The van der Waals surface area contributed by atoms with Crippen molar-refractivity contribution in [2.75, 3.05) is 11.4 Å². The quantitative estimate of drug-likeness (QED) is 0.915. The van der Waals surface area contributed by atoms with Gasteiger partial charge in [0.05, 0.1) is 0 Å². The highest BCUT2D eigenvalue weighted by molar-refractivity contribution is 5.92.